The van der Waals surface area contributed by atoms with Gasteiger partial charge in [0, 0.05) is 37.4 Å². The van der Waals surface area contributed by atoms with Gasteiger partial charge < -0.3 is 19.6 Å². The average molecular weight is 562 g/mol. The van der Waals surface area contributed by atoms with Gasteiger partial charge in [-0.05, 0) is 49.2 Å². The molecule has 4 heterocycles. The van der Waals surface area contributed by atoms with Crippen LogP contribution in [0.4, 0.5) is 16.3 Å². The summed E-state index contributed by atoms with van der Waals surface area (Å²) in [7, 11) is 0. The molecule has 2 aromatic heterocycles. The van der Waals surface area contributed by atoms with Crippen LogP contribution < -0.4 is 10.2 Å². The number of hydrogen-bond acceptors (Lipinski definition) is 7. The molecule has 0 radical (unpaired) electrons. The summed E-state index contributed by atoms with van der Waals surface area (Å²) in [4.78, 5) is 38.0. The van der Waals surface area contributed by atoms with E-state index in [-0.39, 0.29) is 11.9 Å². The van der Waals surface area contributed by atoms with Crippen molar-refractivity contribution in [2.75, 3.05) is 49.6 Å². The Balaban J connectivity index is 1.30. The molecule has 0 bridgehead atoms. The number of morpholine rings is 1. The molecule has 2 saturated heterocycles. The number of piperidine rings is 1. The van der Waals surface area contributed by atoms with E-state index in [9.17, 15) is 9.59 Å². The highest BCUT2D eigenvalue weighted by Gasteiger charge is 2.29. The van der Waals surface area contributed by atoms with Crippen molar-refractivity contribution in [3.63, 3.8) is 0 Å². The summed E-state index contributed by atoms with van der Waals surface area (Å²) in [6.45, 7) is 3.82. The van der Waals surface area contributed by atoms with Gasteiger partial charge in [0.1, 0.15) is 5.82 Å². The van der Waals surface area contributed by atoms with Gasteiger partial charge in [0.05, 0.1) is 41.4 Å². The molecule has 2 aromatic carbocycles. The molecular formula is C28H28ClN7O4. The first-order valence-corrected chi connectivity index (χ1v) is 13.6. The van der Waals surface area contributed by atoms with Gasteiger partial charge in [-0.1, -0.05) is 23.7 Å². The second-order valence-corrected chi connectivity index (χ2v) is 10.2. The first-order chi connectivity index (χ1) is 19.5. The Bertz CT molecular complexity index is 1540. The third-order valence-electron chi connectivity index (χ3n) is 7.34. The number of anilines is 2. The zero-order valence-electron chi connectivity index (χ0n) is 21.7. The van der Waals surface area contributed by atoms with Gasteiger partial charge in [-0.3, -0.25) is 10.1 Å². The van der Waals surface area contributed by atoms with Crippen LogP contribution in [0.2, 0.25) is 5.02 Å². The Hall–Kier alpha value is -4.22. The van der Waals surface area contributed by atoms with Crippen LogP contribution in [0.1, 0.15) is 29.2 Å². The maximum absolute atomic E-state index is 13.1. The van der Waals surface area contributed by atoms with Crippen molar-refractivity contribution in [3.05, 3.63) is 65.3 Å². The molecule has 11 nitrogen and oxygen atoms in total. The fraction of sp³-hybridized carbons (Fsp3) is 0.321. The van der Waals surface area contributed by atoms with Crippen molar-refractivity contribution in [2.45, 2.75) is 18.9 Å². The fourth-order valence-corrected chi connectivity index (χ4v) is 5.48. The van der Waals surface area contributed by atoms with Gasteiger partial charge in [-0.2, -0.15) is 5.10 Å². The van der Waals surface area contributed by atoms with Crippen LogP contribution in [-0.4, -0.2) is 81.1 Å². The number of hydrogen-bond donors (Lipinski definition) is 2. The van der Waals surface area contributed by atoms with E-state index in [0.717, 1.165) is 35.3 Å². The summed E-state index contributed by atoms with van der Waals surface area (Å²) < 4.78 is 7.52. The number of aromatic nitrogens is 4. The fourth-order valence-electron chi connectivity index (χ4n) is 5.27. The monoisotopic (exact) mass is 561 g/mol. The largest absolute Gasteiger partial charge is 0.465 e. The van der Waals surface area contributed by atoms with Gasteiger partial charge in [-0.15, -0.1) is 0 Å². The van der Waals surface area contributed by atoms with Crippen molar-refractivity contribution in [1.29, 1.82) is 0 Å². The number of carbonyl (C=O) groups is 2. The summed E-state index contributed by atoms with van der Waals surface area (Å²) in [5.41, 5.74) is 2.48. The molecule has 2 fully saturated rings. The van der Waals surface area contributed by atoms with Crippen molar-refractivity contribution in [1.82, 2.24) is 24.6 Å². The van der Waals surface area contributed by atoms with Gasteiger partial charge in [0.15, 0.2) is 11.5 Å². The van der Waals surface area contributed by atoms with E-state index in [0.29, 0.717) is 61.5 Å². The Morgan fingerprint density at radius 2 is 1.70 bits per heavy atom. The number of nitrogens with one attached hydrogen (secondary N) is 1. The van der Waals surface area contributed by atoms with Gasteiger partial charge >= 0.3 is 6.09 Å². The molecule has 2 N–H and O–H groups in total. The van der Waals surface area contributed by atoms with Crippen LogP contribution in [0.5, 0.6) is 0 Å². The normalized spacial score (nSPS) is 16.3. The van der Waals surface area contributed by atoms with Gasteiger partial charge in [-0.25, -0.2) is 19.4 Å². The van der Waals surface area contributed by atoms with Gasteiger partial charge in [0.25, 0.3) is 5.91 Å². The van der Waals surface area contributed by atoms with Crippen LogP contribution >= 0.6 is 11.6 Å². The third kappa shape index (κ3) is 5.17. The minimum absolute atomic E-state index is 0.0607. The maximum Gasteiger partial charge on any atom is 0.409 e. The summed E-state index contributed by atoms with van der Waals surface area (Å²) in [6, 6.07) is 14.2. The van der Waals surface area contributed by atoms with E-state index in [1.54, 1.807) is 36.4 Å². The lowest BCUT2D eigenvalue weighted by molar-refractivity contribution is 0.0691. The molecule has 4 aromatic rings. The Morgan fingerprint density at radius 3 is 2.40 bits per heavy atom. The molecule has 0 aliphatic carbocycles. The number of rotatable bonds is 5. The molecule has 0 saturated carbocycles. The minimum atomic E-state index is -1.12. The molecule has 2 aliphatic heterocycles. The number of ether oxygens (including phenoxy) is 1. The lowest BCUT2D eigenvalue weighted by Gasteiger charge is -2.32. The van der Waals surface area contributed by atoms with E-state index in [1.165, 1.54) is 0 Å². The molecule has 0 spiro atoms. The summed E-state index contributed by atoms with van der Waals surface area (Å²) in [6.07, 6.45) is 2.16. The van der Waals surface area contributed by atoms with Crippen LogP contribution in [0.15, 0.2) is 54.7 Å². The average Bonchev–Trinajstić information content (AvgIpc) is 3.41. The number of carbonyl (C=O) groups excluding carboxylic acids is 1. The molecular weight excluding hydrogens is 534 g/mol. The Kier molecular flexibility index (Phi) is 7.23. The quantitative estimate of drug-likeness (QED) is 0.363. The number of amides is 2. The van der Waals surface area contributed by atoms with Crippen molar-refractivity contribution in [2.24, 2.45) is 0 Å². The van der Waals surface area contributed by atoms with Crippen LogP contribution in [0.3, 0.4) is 0 Å². The third-order valence-corrected chi connectivity index (χ3v) is 7.67. The smallest absolute Gasteiger partial charge is 0.409 e. The standard InChI is InChI=1S/C28H28ClN7O4/c29-23-4-2-1-3-21(23)27(37)35-11-9-20(10-12-35)36-26-22(17-30-36)25(34-13-15-40-16-14-34)32-24(33-26)18-5-7-19(8-6-18)31-28(38)39/h1-8,17,20,31H,9-16H2,(H,38,39). The summed E-state index contributed by atoms with van der Waals surface area (Å²) >= 11 is 6.27. The summed E-state index contributed by atoms with van der Waals surface area (Å²) in [5, 5.41) is 17.4. The number of benzene rings is 2. The van der Waals surface area contributed by atoms with Crippen LogP contribution in [0, 0.1) is 0 Å². The number of likely N-dealkylation sites (tertiary alicyclic amines) is 1. The SMILES string of the molecule is O=C(O)Nc1ccc(-c2nc(N3CCOCC3)c3cnn(C4CCN(C(=O)c5ccccc5Cl)CC4)c3n2)cc1. The summed E-state index contributed by atoms with van der Waals surface area (Å²) in [5.74, 6) is 1.27. The molecule has 206 valence electrons. The first kappa shape index (κ1) is 26.0. The predicted octanol–water partition coefficient (Wildman–Crippen LogP) is 4.55. The number of fused-ring (bicyclic) bond motifs is 1. The van der Waals surface area contributed by atoms with E-state index in [4.69, 9.17) is 36.5 Å². The number of carboxylic acid groups (broad SMARTS) is 1. The zero-order valence-corrected chi connectivity index (χ0v) is 22.4. The van der Waals surface area contributed by atoms with Crippen molar-refractivity contribution < 1.29 is 19.4 Å². The van der Waals surface area contributed by atoms with Crippen LogP contribution in [-0.2, 0) is 4.74 Å². The topological polar surface area (TPSA) is 126 Å². The molecule has 0 atom stereocenters. The highest BCUT2D eigenvalue weighted by Crippen LogP contribution is 2.33. The molecule has 0 unspecified atom stereocenters. The molecule has 6 rings (SSSR count). The van der Waals surface area contributed by atoms with Crippen molar-refractivity contribution in [3.8, 4) is 11.4 Å². The second kappa shape index (κ2) is 11.1. The Labute approximate surface area is 235 Å². The lowest BCUT2D eigenvalue weighted by Crippen LogP contribution is -2.39. The van der Waals surface area contributed by atoms with E-state index >= 15 is 0 Å². The maximum atomic E-state index is 13.1. The highest BCUT2D eigenvalue weighted by molar-refractivity contribution is 6.33. The lowest BCUT2D eigenvalue weighted by atomic mass is 10.0. The first-order valence-electron chi connectivity index (χ1n) is 13.2. The predicted molar refractivity (Wildman–Crippen MR) is 151 cm³/mol. The Morgan fingerprint density at radius 1 is 0.975 bits per heavy atom. The highest BCUT2D eigenvalue weighted by atomic mass is 35.5. The van der Waals surface area contributed by atoms with E-state index < -0.39 is 6.09 Å². The number of halogens is 1. The van der Waals surface area contributed by atoms with Crippen molar-refractivity contribution >= 4 is 46.1 Å². The molecule has 2 amide bonds. The zero-order chi connectivity index (χ0) is 27.6. The van der Waals surface area contributed by atoms with Crippen LogP contribution in [0.25, 0.3) is 22.4 Å². The minimum Gasteiger partial charge on any atom is -0.465 e. The van der Waals surface area contributed by atoms with E-state index in [1.807, 2.05) is 27.9 Å². The van der Waals surface area contributed by atoms with E-state index in [2.05, 4.69) is 10.2 Å². The molecule has 2 aliphatic rings. The molecule has 40 heavy (non-hydrogen) atoms. The molecule has 12 heteroatoms. The van der Waals surface area contributed by atoms with Gasteiger partial charge in [0.2, 0.25) is 0 Å². The number of nitrogens with zero attached hydrogens (tertiary/aromatic N) is 6. The second-order valence-electron chi connectivity index (χ2n) is 9.81.